The van der Waals surface area contributed by atoms with Gasteiger partial charge in [0.25, 0.3) is 0 Å². The van der Waals surface area contributed by atoms with Crippen LogP contribution in [-0.4, -0.2) is 44.3 Å². The van der Waals surface area contributed by atoms with Crippen molar-refractivity contribution in [3.63, 3.8) is 0 Å². The predicted molar refractivity (Wildman–Crippen MR) is 111 cm³/mol. The molecule has 1 saturated carbocycles. The van der Waals surface area contributed by atoms with E-state index in [1.165, 1.54) is 11.8 Å². The molecule has 2 N–H and O–H groups in total. The third-order valence-electron chi connectivity index (χ3n) is 6.90. The summed E-state index contributed by atoms with van der Waals surface area (Å²) in [5, 5.41) is 6.08. The molecule has 5 rings (SSSR count). The Morgan fingerprint density at radius 2 is 2.12 bits per heavy atom. The van der Waals surface area contributed by atoms with E-state index >= 15 is 4.39 Å². The first-order chi connectivity index (χ1) is 15.0. The summed E-state index contributed by atoms with van der Waals surface area (Å²) in [4.78, 5) is 24.7. The van der Waals surface area contributed by atoms with Crippen molar-refractivity contribution in [1.82, 2.24) is 10.6 Å². The largest absolute Gasteiger partial charge is 1.00 e. The number of halogens is 2. The third kappa shape index (κ3) is 3.88. The Labute approximate surface area is 196 Å². The van der Waals surface area contributed by atoms with E-state index in [4.69, 9.17) is 4.74 Å². The van der Waals surface area contributed by atoms with Crippen LogP contribution < -0.4 is 37.1 Å². The molecule has 4 atom stereocenters. The number of aromatic nitrogens is 1. The van der Waals surface area contributed by atoms with E-state index in [2.05, 4.69) is 27.6 Å². The summed E-state index contributed by atoms with van der Waals surface area (Å²) >= 11 is 0. The van der Waals surface area contributed by atoms with Gasteiger partial charge in [0.2, 0.25) is 5.91 Å². The van der Waals surface area contributed by atoms with Crippen LogP contribution in [0.4, 0.5) is 14.9 Å². The predicted octanol–water partition coefficient (Wildman–Crippen LogP) is -1.63. The summed E-state index contributed by atoms with van der Waals surface area (Å²) in [6.45, 7) is 4.49. The lowest BCUT2D eigenvalue weighted by Gasteiger charge is -2.19. The number of hydrogen-bond donors (Lipinski definition) is 2. The van der Waals surface area contributed by atoms with Gasteiger partial charge in [-0.2, -0.15) is 0 Å². The Bertz CT molecular complexity index is 1020. The van der Waals surface area contributed by atoms with Crippen molar-refractivity contribution in [3.05, 3.63) is 60.2 Å². The van der Waals surface area contributed by atoms with E-state index in [1.54, 1.807) is 12.1 Å². The molecule has 1 aromatic heterocycles. The van der Waals surface area contributed by atoms with Crippen molar-refractivity contribution in [3.8, 4) is 0 Å². The van der Waals surface area contributed by atoms with Crippen LogP contribution in [0.1, 0.15) is 12.5 Å². The minimum atomic E-state index is -0.592. The second kappa shape index (κ2) is 8.78. The lowest BCUT2D eigenvalue weighted by molar-refractivity contribution is -0.701. The van der Waals surface area contributed by atoms with E-state index in [1.807, 2.05) is 24.3 Å². The van der Waals surface area contributed by atoms with Gasteiger partial charge >= 0.3 is 6.09 Å². The Morgan fingerprint density at radius 1 is 1.34 bits per heavy atom. The molecular formula is C23H26BrFN4O3. The van der Waals surface area contributed by atoms with Crippen LogP contribution in [0.15, 0.2) is 48.8 Å². The highest BCUT2D eigenvalue weighted by atomic mass is 79.9. The van der Waals surface area contributed by atoms with Gasteiger partial charge in [-0.15, -0.1) is 0 Å². The SMILES string of the molecule is CC(=O)NC[C@H]1CN(c2ccc(C34CNC[C@@H]3[C@H]4C[n+]3ccccc3)cc2F)C(=O)O1.[Br-]. The number of ether oxygens (including phenoxy) is 1. The minimum absolute atomic E-state index is 0. The molecule has 0 bridgehead atoms. The van der Waals surface area contributed by atoms with E-state index in [9.17, 15) is 9.59 Å². The smallest absolute Gasteiger partial charge is 0.414 e. The van der Waals surface area contributed by atoms with Crippen molar-refractivity contribution < 1.29 is 40.3 Å². The topological polar surface area (TPSA) is 74.6 Å². The summed E-state index contributed by atoms with van der Waals surface area (Å²) in [6, 6.07) is 11.3. The first-order valence-corrected chi connectivity index (χ1v) is 10.7. The molecule has 1 aromatic carbocycles. The van der Waals surface area contributed by atoms with Crippen LogP contribution in [0, 0.1) is 17.7 Å². The van der Waals surface area contributed by atoms with Crippen molar-refractivity contribution >= 4 is 17.7 Å². The fourth-order valence-corrected chi connectivity index (χ4v) is 5.33. The van der Waals surface area contributed by atoms with E-state index in [-0.39, 0.29) is 47.1 Å². The zero-order chi connectivity index (χ0) is 21.6. The van der Waals surface area contributed by atoms with Gasteiger partial charge in [-0.3, -0.25) is 9.69 Å². The first kappa shape index (κ1) is 22.7. The molecule has 32 heavy (non-hydrogen) atoms. The average molecular weight is 505 g/mol. The van der Waals surface area contributed by atoms with Gasteiger partial charge in [0.1, 0.15) is 11.9 Å². The lowest BCUT2D eigenvalue weighted by atomic mass is 9.92. The molecule has 1 aliphatic carbocycles. The molecule has 2 aromatic rings. The monoisotopic (exact) mass is 504 g/mol. The van der Waals surface area contributed by atoms with Crippen molar-refractivity contribution in [1.29, 1.82) is 0 Å². The first-order valence-electron chi connectivity index (χ1n) is 10.7. The minimum Gasteiger partial charge on any atom is -1.00 e. The number of cyclic esters (lactones) is 1. The number of fused-ring (bicyclic) bond motifs is 1. The van der Waals surface area contributed by atoms with Gasteiger partial charge in [0.15, 0.2) is 18.9 Å². The Morgan fingerprint density at radius 3 is 2.84 bits per heavy atom. The van der Waals surface area contributed by atoms with Crippen LogP contribution >= 0.6 is 0 Å². The molecule has 2 aliphatic heterocycles. The summed E-state index contributed by atoms with van der Waals surface area (Å²) in [5.74, 6) is 0.304. The number of nitrogens with one attached hydrogen (secondary N) is 2. The van der Waals surface area contributed by atoms with Crippen LogP contribution in [0.2, 0.25) is 0 Å². The molecule has 2 amide bonds. The molecule has 1 unspecified atom stereocenters. The molecular weight excluding hydrogens is 479 g/mol. The Hall–Kier alpha value is -2.52. The summed E-state index contributed by atoms with van der Waals surface area (Å²) < 4.78 is 22.6. The fraction of sp³-hybridized carbons (Fsp3) is 0.435. The summed E-state index contributed by atoms with van der Waals surface area (Å²) in [7, 11) is 0. The summed E-state index contributed by atoms with van der Waals surface area (Å²) in [6.07, 6.45) is 3.04. The maximum Gasteiger partial charge on any atom is 0.414 e. The highest BCUT2D eigenvalue weighted by Gasteiger charge is 2.69. The number of carbonyl (C=O) groups excluding carboxylic acids is 2. The number of pyridine rings is 1. The van der Waals surface area contributed by atoms with Crippen LogP contribution in [-0.2, 0) is 21.5 Å². The molecule has 9 heteroatoms. The number of amides is 2. The van der Waals surface area contributed by atoms with Crippen LogP contribution in [0.5, 0.6) is 0 Å². The molecule has 3 aliphatic rings. The quantitative estimate of drug-likeness (QED) is 0.463. The highest BCUT2D eigenvalue weighted by Crippen LogP contribution is 2.62. The number of rotatable bonds is 6. The van der Waals surface area contributed by atoms with Gasteiger partial charge in [-0.05, 0) is 30.2 Å². The van der Waals surface area contributed by atoms with Crippen molar-refractivity contribution in [2.45, 2.75) is 25.0 Å². The number of carbonyl (C=O) groups is 2. The second-order valence-electron chi connectivity index (χ2n) is 8.68. The maximum absolute atomic E-state index is 15.2. The van der Waals surface area contributed by atoms with Crippen molar-refractivity contribution in [2.75, 3.05) is 31.1 Å². The molecule has 3 heterocycles. The van der Waals surface area contributed by atoms with E-state index in [0.717, 1.165) is 25.2 Å². The number of piperidine rings is 1. The zero-order valence-corrected chi connectivity index (χ0v) is 19.3. The summed E-state index contributed by atoms with van der Waals surface area (Å²) in [5.41, 5.74) is 1.13. The zero-order valence-electron chi connectivity index (χ0n) is 17.8. The molecule has 2 saturated heterocycles. The number of anilines is 1. The maximum atomic E-state index is 15.2. The highest BCUT2D eigenvalue weighted by molar-refractivity contribution is 5.90. The lowest BCUT2D eigenvalue weighted by Crippen LogP contribution is -3.00. The Kier molecular flexibility index (Phi) is 6.22. The number of nitrogens with zero attached hydrogens (tertiary/aromatic N) is 2. The molecule has 0 radical (unpaired) electrons. The van der Waals surface area contributed by atoms with Gasteiger partial charge in [0, 0.05) is 36.9 Å². The van der Waals surface area contributed by atoms with E-state index < -0.39 is 18.0 Å². The number of benzene rings is 1. The van der Waals surface area contributed by atoms with Gasteiger partial charge in [0.05, 0.1) is 18.8 Å². The molecule has 0 spiro atoms. The molecule has 7 nitrogen and oxygen atoms in total. The van der Waals surface area contributed by atoms with E-state index in [0.29, 0.717) is 11.8 Å². The van der Waals surface area contributed by atoms with Crippen molar-refractivity contribution in [2.24, 2.45) is 11.8 Å². The third-order valence-corrected chi connectivity index (χ3v) is 6.90. The fourth-order valence-electron chi connectivity index (χ4n) is 5.33. The van der Waals surface area contributed by atoms with Gasteiger partial charge in [-0.1, -0.05) is 12.1 Å². The second-order valence-corrected chi connectivity index (χ2v) is 8.68. The molecule has 170 valence electrons. The van der Waals surface area contributed by atoms with Crippen LogP contribution in [0.3, 0.4) is 0 Å². The standard InChI is InChI=1S/C23H25FN4O3.BrH/c1-15(29)26-10-17-12-28(22(30)31-17)21-6-5-16(9-20(21)24)23-14-25-11-18(23)19(23)13-27-7-3-2-4-8-27;/h2-9,17-19,25H,10-14H2,1H3;1H/t17-,18+,19+,23?;/m0./s1. The normalized spacial score (nSPS) is 28.0. The molecule has 3 fully saturated rings. The Balaban J connectivity index is 0.00000245. The average Bonchev–Trinajstić information content (AvgIpc) is 3.07. The number of hydrogen-bond acceptors (Lipinski definition) is 4. The van der Waals surface area contributed by atoms with Gasteiger partial charge in [-0.25, -0.2) is 13.8 Å². The van der Waals surface area contributed by atoms with Crippen LogP contribution in [0.25, 0.3) is 0 Å². The van der Waals surface area contributed by atoms with Gasteiger partial charge < -0.3 is 32.4 Å².